The molecule has 0 bridgehead atoms. The summed E-state index contributed by atoms with van der Waals surface area (Å²) in [7, 11) is 1.33. The van der Waals surface area contributed by atoms with E-state index in [1.165, 1.54) is 7.11 Å². The van der Waals surface area contributed by atoms with Crippen LogP contribution in [0.25, 0.3) is 0 Å². The van der Waals surface area contributed by atoms with Crippen LogP contribution in [0, 0.1) is 11.6 Å². The summed E-state index contributed by atoms with van der Waals surface area (Å²) in [5.41, 5.74) is 0.165. The third-order valence-electron chi connectivity index (χ3n) is 2.77. The molecular weight excluding hydrogens is 373 g/mol. The highest BCUT2D eigenvalue weighted by Gasteiger charge is 2.23. The lowest BCUT2D eigenvalue weighted by molar-refractivity contribution is 0.405. The van der Waals surface area contributed by atoms with Gasteiger partial charge in [-0.1, -0.05) is 27.5 Å². The molecule has 2 aromatic carbocycles. The predicted octanol–water partition coefficient (Wildman–Crippen LogP) is 5.72. The van der Waals surface area contributed by atoms with Crippen molar-refractivity contribution in [1.29, 1.82) is 0 Å². The lowest BCUT2D eigenvalue weighted by atomic mass is 10.0. The number of benzene rings is 2. The Labute approximate surface area is 133 Å². The summed E-state index contributed by atoms with van der Waals surface area (Å²) in [6, 6.07) is 7.12. The SMILES string of the molecule is COc1cc(F)c(C(Cl)c2cc(Br)ccc2Cl)c(F)c1. The van der Waals surface area contributed by atoms with Crippen LogP contribution in [0.3, 0.4) is 0 Å². The van der Waals surface area contributed by atoms with Crippen LogP contribution in [0.15, 0.2) is 34.8 Å². The third-order valence-corrected chi connectivity index (χ3v) is 4.06. The van der Waals surface area contributed by atoms with Gasteiger partial charge in [-0.3, -0.25) is 0 Å². The molecule has 20 heavy (non-hydrogen) atoms. The molecule has 0 aromatic heterocycles. The molecule has 0 heterocycles. The van der Waals surface area contributed by atoms with Crippen LogP contribution in [0.5, 0.6) is 5.75 Å². The van der Waals surface area contributed by atoms with E-state index in [1.54, 1.807) is 18.2 Å². The van der Waals surface area contributed by atoms with Crippen LogP contribution in [0.1, 0.15) is 16.5 Å². The average Bonchev–Trinajstić information content (AvgIpc) is 2.40. The lowest BCUT2D eigenvalue weighted by Crippen LogP contribution is -2.03. The molecule has 0 fully saturated rings. The normalized spacial score (nSPS) is 12.3. The molecule has 2 rings (SSSR count). The zero-order chi connectivity index (χ0) is 14.9. The molecule has 106 valence electrons. The minimum atomic E-state index is -1.04. The van der Waals surface area contributed by atoms with E-state index in [-0.39, 0.29) is 11.3 Å². The van der Waals surface area contributed by atoms with Gasteiger partial charge >= 0.3 is 0 Å². The number of hydrogen-bond acceptors (Lipinski definition) is 1. The molecule has 1 atom stereocenters. The van der Waals surface area contributed by atoms with Gasteiger partial charge in [-0.25, -0.2) is 8.78 Å². The molecule has 0 amide bonds. The average molecular weight is 382 g/mol. The van der Waals surface area contributed by atoms with Crippen LogP contribution in [-0.4, -0.2) is 7.11 Å². The summed E-state index contributed by atoms with van der Waals surface area (Å²) in [5.74, 6) is -1.47. The Bertz CT molecular complexity index is 626. The second kappa shape index (κ2) is 6.29. The molecule has 0 spiro atoms. The Morgan fingerprint density at radius 2 is 1.75 bits per heavy atom. The topological polar surface area (TPSA) is 9.23 Å². The maximum atomic E-state index is 14.0. The van der Waals surface area contributed by atoms with Crippen molar-refractivity contribution in [2.75, 3.05) is 7.11 Å². The van der Waals surface area contributed by atoms with Crippen LogP contribution < -0.4 is 4.74 Å². The number of hydrogen-bond donors (Lipinski definition) is 0. The smallest absolute Gasteiger partial charge is 0.134 e. The number of alkyl halides is 1. The first-order valence-electron chi connectivity index (χ1n) is 5.56. The summed E-state index contributed by atoms with van der Waals surface area (Å²) in [4.78, 5) is 0. The van der Waals surface area contributed by atoms with Crippen molar-refractivity contribution in [2.24, 2.45) is 0 Å². The van der Waals surface area contributed by atoms with Crippen LogP contribution >= 0.6 is 39.1 Å². The summed E-state index contributed by atoms with van der Waals surface area (Å²) < 4.78 is 33.5. The van der Waals surface area contributed by atoms with E-state index < -0.39 is 17.0 Å². The first-order valence-corrected chi connectivity index (χ1v) is 7.16. The Balaban J connectivity index is 2.53. The molecule has 0 saturated heterocycles. The molecule has 0 aliphatic heterocycles. The fourth-order valence-electron chi connectivity index (χ4n) is 1.79. The van der Waals surface area contributed by atoms with Crippen LogP contribution in [0.4, 0.5) is 8.78 Å². The second-order valence-electron chi connectivity index (χ2n) is 4.03. The molecule has 0 aliphatic carbocycles. The minimum Gasteiger partial charge on any atom is -0.497 e. The summed E-state index contributed by atoms with van der Waals surface area (Å²) in [5, 5.41) is -0.700. The highest BCUT2D eigenvalue weighted by molar-refractivity contribution is 9.10. The van der Waals surface area contributed by atoms with E-state index in [1.807, 2.05) is 0 Å². The van der Waals surface area contributed by atoms with Gasteiger partial charge in [0, 0.05) is 27.2 Å². The Morgan fingerprint density at radius 3 is 2.30 bits per heavy atom. The van der Waals surface area contributed by atoms with Crippen LogP contribution in [-0.2, 0) is 0 Å². The Kier molecular flexibility index (Phi) is 4.89. The molecule has 2 aromatic rings. The fraction of sp³-hybridized carbons (Fsp3) is 0.143. The van der Waals surface area contributed by atoms with Gasteiger partial charge in [-0.15, -0.1) is 11.6 Å². The summed E-state index contributed by atoms with van der Waals surface area (Å²) in [6.45, 7) is 0. The number of rotatable bonds is 3. The van der Waals surface area contributed by atoms with Gasteiger partial charge in [0.05, 0.1) is 12.5 Å². The van der Waals surface area contributed by atoms with Gasteiger partial charge in [0.15, 0.2) is 0 Å². The number of halogens is 5. The zero-order valence-corrected chi connectivity index (χ0v) is 13.4. The Morgan fingerprint density at radius 1 is 1.15 bits per heavy atom. The maximum Gasteiger partial charge on any atom is 0.134 e. The molecular formula is C14H9BrCl2F2O. The quantitative estimate of drug-likeness (QED) is 0.618. The van der Waals surface area contributed by atoms with Crippen LogP contribution in [0.2, 0.25) is 5.02 Å². The second-order valence-corrected chi connectivity index (χ2v) is 5.79. The maximum absolute atomic E-state index is 14.0. The number of methoxy groups -OCH3 is 1. The highest BCUT2D eigenvalue weighted by Crippen LogP contribution is 2.38. The third kappa shape index (κ3) is 3.08. The van der Waals surface area contributed by atoms with Crippen molar-refractivity contribution in [3.63, 3.8) is 0 Å². The zero-order valence-electron chi connectivity index (χ0n) is 10.3. The molecule has 0 radical (unpaired) electrons. The van der Waals surface area contributed by atoms with Gasteiger partial charge < -0.3 is 4.74 Å². The van der Waals surface area contributed by atoms with Crippen molar-refractivity contribution in [3.05, 3.63) is 62.6 Å². The first-order chi connectivity index (χ1) is 9.43. The van der Waals surface area contributed by atoms with Crippen molar-refractivity contribution in [1.82, 2.24) is 0 Å². The molecule has 6 heteroatoms. The first kappa shape index (κ1) is 15.5. The summed E-state index contributed by atoms with van der Waals surface area (Å²) in [6.07, 6.45) is 0. The Hall–Kier alpha value is -0.840. The van der Waals surface area contributed by atoms with Gasteiger partial charge in [0.25, 0.3) is 0 Å². The van der Waals surface area contributed by atoms with E-state index in [0.29, 0.717) is 10.6 Å². The van der Waals surface area contributed by atoms with Crippen molar-refractivity contribution >= 4 is 39.1 Å². The van der Waals surface area contributed by atoms with Gasteiger partial charge in [-0.2, -0.15) is 0 Å². The molecule has 0 saturated carbocycles. The molecule has 0 N–H and O–H groups in total. The van der Waals surface area contributed by atoms with Gasteiger partial charge in [-0.05, 0) is 23.8 Å². The van der Waals surface area contributed by atoms with Crippen molar-refractivity contribution in [3.8, 4) is 5.75 Å². The predicted molar refractivity (Wildman–Crippen MR) is 79.8 cm³/mol. The minimum absolute atomic E-state index is 0.0907. The van der Waals surface area contributed by atoms with E-state index in [2.05, 4.69) is 15.9 Å². The van der Waals surface area contributed by atoms with Gasteiger partial charge in [0.2, 0.25) is 0 Å². The fourth-order valence-corrected chi connectivity index (χ4v) is 2.84. The largest absolute Gasteiger partial charge is 0.497 e. The van der Waals surface area contributed by atoms with Gasteiger partial charge in [0.1, 0.15) is 17.4 Å². The number of ether oxygens (including phenoxy) is 1. The highest BCUT2D eigenvalue weighted by atomic mass is 79.9. The van der Waals surface area contributed by atoms with E-state index in [0.717, 1.165) is 16.6 Å². The summed E-state index contributed by atoms with van der Waals surface area (Å²) >= 11 is 15.5. The molecule has 1 nitrogen and oxygen atoms in total. The standard InChI is InChI=1S/C14H9BrCl2F2O/c1-20-8-5-11(18)13(12(19)6-8)14(17)9-4-7(15)2-3-10(9)16/h2-6,14H,1H3. The lowest BCUT2D eigenvalue weighted by Gasteiger charge is -2.15. The van der Waals surface area contributed by atoms with Crippen molar-refractivity contribution in [2.45, 2.75) is 5.38 Å². The monoisotopic (exact) mass is 380 g/mol. The van der Waals surface area contributed by atoms with E-state index in [4.69, 9.17) is 27.9 Å². The van der Waals surface area contributed by atoms with E-state index in [9.17, 15) is 8.78 Å². The van der Waals surface area contributed by atoms with Crippen molar-refractivity contribution < 1.29 is 13.5 Å². The molecule has 0 aliphatic rings. The van der Waals surface area contributed by atoms with E-state index >= 15 is 0 Å². The molecule has 1 unspecified atom stereocenters.